The summed E-state index contributed by atoms with van der Waals surface area (Å²) in [5.41, 5.74) is 0.795. The second kappa shape index (κ2) is 8.10. The molecule has 1 aromatic heterocycles. The number of esters is 1. The molecule has 1 atom stereocenters. The zero-order valence-electron chi connectivity index (χ0n) is 15.4. The number of aliphatic hydroxyl groups is 1. The van der Waals surface area contributed by atoms with Crippen LogP contribution >= 0.6 is 0 Å². The van der Waals surface area contributed by atoms with Gasteiger partial charge < -0.3 is 23.9 Å². The Kier molecular flexibility index (Phi) is 5.60. The number of ketones is 1. The number of hydrogen-bond donors (Lipinski definition) is 1. The number of benzene rings is 1. The number of furan rings is 1. The fourth-order valence-corrected chi connectivity index (χ4v) is 3.11. The molecule has 0 unspecified atom stereocenters. The minimum Gasteiger partial charge on any atom is -0.503 e. The molecule has 1 N–H and O–H groups in total. The lowest BCUT2D eigenvalue weighted by Crippen LogP contribution is -2.34. The molecule has 0 saturated carbocycles. The largest absolute Gasteiger partial charge is 0.503 e. The quantitative estimate of drug-likeness (QED) is 0.576. The zero-order chi connectivity index (χ0) is 20.3. The van der Waals surface area contributed by atoms with Gasteiger partial charge in [0, 0.05) is 13.7 Å². The molecule has 8 nitrogen and oxygen atoms in total. The summed E-state index contributed by atoms with van der Waals surface area (Å²) >= 11 is 0. The SMILES string of the molecule is COCCN1C(=O)C(O)=C(C(=O)c2ccco2)[C@@H]1c1ccc(C(=O)OC)cc1. The Labute approximate surface area is 161 Å². The fraction of sp³-hybridized carbons (Fsp3) is 0.250. The number of methoxy groups -OCH3 is 2. The predicted molar refractivity (Wildman–Crippen MR) is 96.8 cm³/mol. The standard InChI is InChI=1S/C20H19NO7/c1-26-11-9-21-16(12-5-7-13(8-6-12)20(25)27-2)15(18(23)19(21)24)17(22)14-4-3-10-28-14/h3-8,10,16,23H,9,11H2,1-2H3/t16-/m0/s1. The second-order valence-electron chi connectivity index (χ2n) is 6.08. The summed E-state index contributed by atoms with van der Waals surface area (Å²) in [6.45, 7) is 0.385. The van der Waals surface area contributed by atoms with Crippen molar-refractivity contribution in [3.8, 4) is 0 Å². The number of carbonyl (C=O) groups excluding carboxylic acids is 3. The lowest BCUT2D eigenvalue weighted by molar-refractivity contribution is -0.130. The third kappa shape index (κ3) is 3.41. The van der Waals surface area contributed by atoms with E-state index < -0.39 is 29.5 Å². The van der Waals surface area contributed by atoms with Crippen molar-refractivity contribution < 1.29 is 33.4 Å². The van der Waals surface area contributed by atoms with Crippen molar-refractivity contribution in [3.05, 3.63) is 70.9 Å². The van der Waals surface area contributed by atoms with E-state index in [-0.39, 0.29) is 24.5 Å². The van der Waals surface area contributed by atoms with Gasteiger partial charge in [-0.05, 0) is 29.8 Å². The monoisotopic (exact) mass is 385 g/mol. The topological polar surface area (TPSA) is 106 Å². The highest BCUT2D eigenvalue weighted by atomic mass is 16.5. The number of ether oxygens (including phenoxy) is 2. The summed E-state index contributed by atoms with van der Waals surface area (Å²) in [5, 5.41) is 10.4. The molecule has 146 valence electrons. The maximum Gasteiger partial charge on any atom is 0.337 e. The Balaban J connectivity index is 2.04. The third-order valence-corrected chi connectivity index (χ3v) is 4.48. The third-order valence-electron chi connectivity index (χ3n) is 4.48. The molecule has 0 fully saturated rings. The first-order valence-electron chi connectivity index (χ1n) is 8.49. The molecule has 0 saturated heterocycles. The average molecular weight is 385 g/mol. The highest BCUT2D eigenvalue weighted by Crippen LogP contribution is 2.38. The summed E-state index contributed by atoms with van der Waals surface area (Å²) in [6, 6.07) is 8.45. The molecule has 1 amide bonds. The van der Waals surface area contributed by atoms with Crippen molar-refractivity contribution in [1.29, 1.82) is 0 Å². The molecule has 1 aliphatic rings. The summed E-state index contributed by atoms with van der Waals surface area (Å²) in [7, 11) is 2.77. The number of hydrogen-bond acceptors (Lipinski definition) is 7. The Bertz CT molecular complexity index is 913. The maximum atomic E-state index is 12.9. The number of amides is 1. The van der Waals surface area contributed by atoms with Gasteiger partial charge in [-0.2, -0.15) is 0 Å². The van der Waals surface area contributed by atoms with Gasteiger partial charge in [0.25, 0.3) is 5.91 Å². The minimum atomic E-state index is -0.841. The van der Waals surface area contributed by atoms with E-state index in [9.17, 15) is 19.5 Å². The molecule has 3 rings (SSSR count). The van der Waals surface area contributed by atoms with Crippen LogP contribution in [0.2, 0.25) is 0 Å². The number of aliphatic hydroxyl groups excluding tert-OH is 1. The molecule has 28 heavy (non-hydrogen) atoms. The van der Waals surface area contributed by atoms with Gasteiger partial charge in [-0.15, -0.1) is 0 Å². The molecule has 0 spiro atoms. The Morgan fingerprint density at radius 1 is 1.18 bits per heavy atom. The maximum absolute atomic E-state index is 12.9. The van der Waals surface area contributed by atoms with Crippen molar-refractivity contribution in [2.24, 2.45) is 0 Å². The lowest BCUT2D eigenvalue weighted by atomic mass is 9.94. The first-order chi connectivity index (χ1) is 13.5. The van der Waals surface area contributed by atoms with E-state index in [4.69, 9.17) is 9.15 Å². The Hall–Kier alpha value is -3.39. The van der Waals surface area contributed by atoms with Gasteiger partial charge in [0.05, 0.1) is 37.2 Å². The number of carbonyl (C=O) groups is 3. The van der Waals surface area contributed by atoms with Gasteiger partial charge in [-0.25, -0.2) is 4.79 Å². The van der Waals surface area contributed by atoms with Crippen LogP contribution < -0.4 is 0 Å². The van der Waals surface area contributed by atoms with E-state index in [0.29, 0.717) is 11.1 Å². The van der Waals surface area contributed by atoms with Gasteiger partial charge in [-0.1, -0.05) is 12.1 Å². The van der Waals surface area contributed by atoms with Crippen molar-refractivity contribution in [2.45, 2.75) is 6.04 Å². The Morgan fingerprint density at radius 2 is 1.89 bits per heavy atom. The highest BCUT2D eigenvalue weighted by molar-refractivity contribution is 6.15. The fourth-order valence-electron chi connectivity index (χ4n) is 3.11. The van der Waals surface area contributed by atoms with Gasteiger partial charge in [-0.3, -0.25) is 9.59 Å². The van der Waals surface area contributed by atoms with Crippen LogP contribution in [0.5, 0.6) is 0 Å². The lowest BCUT2D eigenvalue weighted by Gasteiger charge is -2.26. The van der Waals surface area contributed by atoms with E-state index in [1.54, 1.807) is 18.2 Å². The van der Waals surface area contributed by atoms with Crippen molar-refractivity contribution in [3.63, 3.8) is 0 Å². The van der Waals surface area contributed by atoms with Gasteiger partial charge >= 0.3 is 5.97 Å². The Morgan fingerprint density at radius 3 is 2.46 bits per heavy atom. The molecular weight excluding hydrogens is 366 g/mol. The highest BCUT2D eigenvalue weighted by Gasteiger charge is 2.44. The molecule has 0 aliphatic carbocycles. The van der Waals surface area contributed by atoms with Crippen LogP contribution in [0.1, 0.15) is 32.5 Å². The zero-order valence-corrected chi connectivity index (χ0v) is 15.4. The van der Waals surface area contributed by atoms with E-state index in [1.165, 1.54) is 43.6 Å². The van der Waals surface area contributed by atoms with Crippen molar-refractivity contribution in [1.82, 2.24) is 4.90 Å². The number of Topliss-reactive ketones (excluding diaryl/α,β-unsaturated/α-hetero) is 1. The molecule has 2 aromatic rings. The van der Waals surface area contributed by atoms with Crippen LogP contribution in [-0.4, -0.2) is 55.0 Å². The molecule has 0 radical (unpaired) electrons. The number of nitrogens with zero attached hydrogens (tertiary/aromatic N) is 1. The van der Waals surface area contributed by atoms with Crippen LogP contribution in [0, 0.1) is 0 Å². The van der Waals surface area contributed by atoms with Crippen LogP contribution in [0.3, 0.4) is 0 Å². The smallest absolute Gasteiger partial charge is 0.337 e. The van der Waals surface area contributed by atoms with Gasteiger partial charge in [0.1, 0.15) is 0 Å². The van der Waals surface area contributed by atoms with E-state index >= 15 is 0 Å². The summed E-state index contributed by atoms with van der Waals surface area (Å²) < 4.78 is 14.9. The number of rotatable bonds is 7. The van der Waals surface area contributed by atoms with E-state index in [1.807, 2.05) is 0 Å². The van der Waals surface area contributed by atoms with Crippen LogP contribution in [0.15, 0.2) is 58.4 Å². The van der Waals surface area contributed by atoms with Crippen LogP contribution in [0.4, 0.5) is 0 Å². The van der Waals surface area contributed by atoms with E-state index in [2.05, 4.69) is 4.74 Å². The van der Waals surface area contributed by atoms with Gasteiger partial charge in [0.15, 0.2) is 11.5 Å². The van der Waals surface area contributed by atoms with Crippen molar-refractivity contribution in [2.75, 3.05) is 27.4 Å². The molecular formula is C20H19NO7. The molecule has 2 heterocycles. The summed E-state index contributed by atoms with van der Waals surface area (Å²) in [4.78, 5) is 38.5. The normalized spacial score (nSPS) is 16.6. The van der Waals surface area contributed by atoms with Crippen molar-refractivity contribution >= 4 is 17.7 Å². The second-order valence-corrected chi connectivity index (χ2v) is 6.08. The van der Waals surface area contributed by atoms with Gasteiger partial charge in [0.2, 0.25) is 5.78 Å². The molecule has 1 aromatic carbocycles. The predicted octanol–water partition coefficient (Wildman–Crippen LogP) is 2.29. The summed E-state index contributed by atoms with van der Waals surface area (Å²) in [6.07, 6.45) is 1.34. The first kappa shape index (κ1) is 19.4. The van der Waals surface area contributed by atoms with Crippen LogP contribution in [-0.2, 0) is 14.3 Å². The summed E-state index contributed by atoms with van der Waals surface area (Å²) in [5.74, 6) is -2.37. The molecule has 1 aliphatic heterocycles. The van der Waals surface area contributed by atoms with Crippen LogP contribution in [0.25, 0.3) is 0 Å². The van der Waals surface area contributed by atoms with E-state index in [0.717, 1.165) is 0 Å². The minimum absolute atomic E-state index is 0.0131. The average Bonchev–Trinajstić information content (AvgIpc) is 3.34. The first-order valence-corrected chi connectivity index (χ1v) is 8.49. The molecule has 0 bridgehead atoms. The molecule has 8 heteroatoms.